The maximum absolute atomic E-state index is 12.7. The second-order valence-electron chi connectivity index (χ2n) is 8.60. The predicted molar refractivity (Wildman–Crippen MR) is 139 cm³/mol. The first-order chi connectivity index (χ1) is 19.3. The van der Waals surface area contributed by atoms with Crippen LogP contribution in [0.4, 0.5) is 13.6 Å². The van der Waals surface area contributed by atoms with Crippen molar-refractivity contribution in [1.29, 1.82) is 0 Å². The second kappa shape index (κ2) is 13.2. The van der Waals surface area contributed by atoms with Crippen molar-refractivity contribution in [3.8, 4) is 28.7 Å². The highest BCUT2D eigenvalue weighted by Gasteiger charge is 2.20. The normalized spacial score (nSPS) is 10.8. The lowest BCUT2D eigenvalue weighted by Crippen LogP contribution is -2.37. The standard InChI is InChI=1S/C29H26F2N2O7/c1-19-25(32-27(38-19)21-8-3-2-4-9-21)13-14-37-22-10-5-7-20(15-22)17-33(18-26(34)35)29(36)40-24-12-6-11-23(16-24)39-28(30)31/h2-12,15-16,28H,13-14,17-18H2,1H3,(H,34,35). The maximum atomic E-state index is 12.7. The number of carbonyl (C=O) groups excluding carboxylic acids is 1. The van der Waals surface area contributed by atoms with Crippen LogP contribution in [0.2, 0.25) is 0 Å². The molecule has 0 atom stereocenters. The van der Waals surface area contributed by atoms with E-state index < -0.39 is 25.2 Å². The van der Waals surface area contributed by atoms with E-state index in [0.717, 1.165) is 22.2 Å². The quantitative estimate of drug-likeness (QED) is 0.229. The minimum absolute atomic E-state index is 0.0748. The van der Waals surface area contributed by atoms with Gasteiger partial charge in [-0.3, -0.25) is 9.69 Å². The molecule has 4 rings (SSSR count). The molecule has 0 aliphatic carbocycles. The topological polar surface area (TPSA) is 111 Å². The van der Waals surface area contributed by atoms with Crippen molar-refractivity contribution in [2.24, 2.45) is 0 Å². The van der Waals surface area contributed by atoms with Crippen LogP contribution in [0, 0.1) is 6.92 Å². The van der Waals surface area contributed by atoms with E-state index in [4.69, 9.17) is 13.9 Å². The Labute approximate surface area is 228 Å². The number of ether oxygens (including phenoxy) is 3. The molecule has 1 heterocycles. The number of oxazole rings is 1. The van der Waals surface area contributed by atoms with Crippen LogP contribution in [0.3, 0.4) is 0 Å². The Morgan fingerprint density at radius 2 is 1.70 bits per heavy atom. The largest absolute Gasteiger partial charge is 0.493 e. The van der Waals surface area contributed by atoms with Crippen molar-refractivity contribution in [2.45, 2.75) is 26.5 Å². The molecule has 0 aliphatic heterocycles. The van der Waals surface area contributed by atoms with Crippen molar-refractivity contribution in [1.82, 2.24) is 9.88 Å². The average molecular weight is 553 g/mol. The van der Waals surface area contributed by atoms with Gasteiger partial charge in [0, 0.05) is 24.6 Å². The third-order valence-corrected chi connectivity index (χ3v) is 5.61. The number of carbonyl (C=O) groups is 2. The van der Waals surface area contributed by atoms with Gasteiger partial charge < -0.3 is 23.7 Å². The Morgan fingerprint density at radius 1 is 0.975 bits per heavy atom. The molecule has 0 bridgehead atoms. The van der Waals surface area contributed by atoms with Crippen LogP contribution in [0.1, 0.15) is 17.0 Å². The molecule has 1 aromatic heterocycles. The summed E-state index contributed by atoms with van der Waals surface area (Å²) in [7, 11) is 0. The summed E-state index contributed by atoms with van der Waals surface area (Å²) in [5.74, 6) is 0.222. The van der Waals surface area contributed by atoms with Gasteiger partial charge in [0.25, 0.3) is 0 Å². The summed E-state index contributed by atoms with van der Waals surface area (Å²) in [4.78, 5) is 29.7. The van der Waals surface area contributed by atoms with Crippen molar-refractivity contribution in [3.05, 3.63) is 95.9 Å². The number of carboxylic acids is 1. The monoisotopic (exact) mass is 552 g/mol. The second-order valence-corrected chi connectivity index (χ2v) is 8.60. The van der Waals surface area contributed by atoms with Gasteiger partial charge in [-0.2, -0.15) is 8.78 Å². The average Bonchev–Trinajstić information content (AvgIpc) is 3.29. The Morgan fingerprint density at radius 3 is 2.45 bits per heavy atom. The van der Waals surface area contributed by atoms with Gasteiger partial charge in [0.1, 0.15) is 29.6 Å². The van der Waals surface area contributed by atoms with Gasteiger partial charge in [-0.25, -0.2) is 9.78 Å². The van der Waals surface area contributed by atoms with Gasteiger partial charge in [-0.15, -0.1) is 0 Å². The summed E-state index contributed by atoms with van der Waals surface area (Å²) in [6, 6.07) is 21.5. The Hall–Kier alpha value is -4.93. The number of aliphatic carboxylic acids is 1. The third-order valence-electron chi connectivity index (χ3n) is 5.61. The van der Waals surface area contributed by atoms with Crippen LogP contribution < -0.4 is 14.2 Å². The zero-order valence-electron chi connectivity index (χ0n) is 21.5. The molecular weight excluding hydrogens is 526 g/mol. The molecule has 0 radical (unpaired) electrons. The third kappa shape index (κ3) is 8.03. The number of amides is 1. The molecule has 0 saturated heterocycles. The van der Waals surface area contributed by atoms with E-state index in [1.54, 1.807) is 24.3 Å². The zero-order valence-corrected chi connectivity index (χ0v) is 21.5. The minimum Gasteiger partial charge on any atom is -0.493 e. The SMILES string of the molecule is Cc1oc(-c2ccccc2)nc1CCOc1cccc(CN(CC(=O)O)C(=O)Oc2cccc(OC(F)F)c2)c1. The summed E-state index contributed by atoms with van der Waals surface area (Å²) < 4.78 is 46.1. The highest BCUT2D eigenvalue weighted by atomic mass is 19.3. The van der Waals surface area contributed by atoms with E-state index in [0.29, 0.717) is 36.0 Å². The van der Waals surface area contributed by atoms with Gasteiger partial charge in [-0.05, 0) is 48.9 Å². The van der Waals surface area contributed by atoms with Gasteiger partial charge in [0.2, 0.25) is 5.89 Å². The number of rotatable bonds is 12. The summed E-state index contributed by atoms with van der Waals surface area (Å²) >= 11 is 0. The molecule has 1 amide bonds. The summed E-state index contributed by atoms with van der Waals surface area (Å²) in [6.07, 6.45) is -0.475. The molecule has 0 spiro atoms. The molecule has 11 heteroatoms. The van der Waals surface area contributed by atoms with Gasteiger partial charge in [0.05, 0.1) is 12.3 Å². The summed E-state index contributed by atoms with van der Waals surface area (Å²) in [5, 5.41) is 9.30. The van der Waals surface area contributed by atoms with Gasteiger partial charge >= 0.3 is 18.7 Å². The number of halogens is 2. The lowest BCUT2D eigenvalue weighted by atomic mass is 10.2. The fourth-order valence-corrected chi connectivity index (χ4v) is 3.81. The first-order valence-electron chi connectivity index (χ1n) is 12.2. The fourth-order valence-electron chi connectivity index (χ4n) is 3.81. The molecule has 4 aromatic rings. The highest BCUT2D eigenvalue weighted by Crippen LogP contribution is 2.24. The van der Waals surface area contributed by atoms with Crippen LogP contribution in [0.25, 0.3) is 11.5 Å². The van der Waals surface area contributed by atoms with Crippen LogP contribution in [-0.2, 0) is 17.8 Å². The van der Waals surface area contributed by atoms with Crippen LogP contribution in [0.5, 0.6) is 17.2 Å². The number of aromatic nitrogens is 1. The van der Waals surface area contributed by atoms with Gasteiger partial charge in [-0.1, -0.05) is 36.4 Å². The number of alkyl halides is 2. The van der Waals surface area contributed by atoms with E-state index in [9.17, 15) is 23.5 Å². The lowest BCUT2D eigenvalue weighted by Gasteiger charge is -2.20. The Kier molecular flexibility index (Phi) is 9.29. The summed E-state index contributed by atoms with van der Waals surface area (Å²) in [5.41, 5.74) is 2.24. The van der Waals surface area contributed by atoms with E-state index >= 15 is 0 Å². The molecule has 9 nitrogen and oxygen atoms in total. The van der Waals surface area contributed by atoms with Crippen LogP contribution in [-0.4, -0.2) is 46.8 Å². The summed E-state index contributed by atoms with van der Waals surface area (Å²) in [6.45, 7) is -1.64. The molecular formula is C29H26F2N2O7. The fraction of sp³-hybridized carbons (Fsp3) is 0.207. The van der Waals surface area contributed by atoms with Crippen molar-refractivity contribution in [3.63, 3.8) is 0 Å². The first-order valence-corrected chi connectivity index (χ1v) is 12.2. The van der Waals surface area contributed by atoms with Crippen molar-refractivity contribution in [2.75, 3.05) is 13.2 Å². The van der Waals surface area contributed by atoms with E-state index in [2.05, 4.69) is 9.72 Å². The molecule has 208 valence electrons. The predicted octanol–water partition coefficient (Wildman–Crippen LogP) is 5.96. The molecule has 3 aromatic carbocycles. The Bertz CT molecular complexity index is 1440. The maximum Gasteiger partial charge on any atom is 0.416 e. The number of hydrogen-bond donors (Lipinski definition) is 1. The highest BCUT2D eigenvalue weighted by molar-refractivity contribution is 5.78. The zero-order chi connectivity index (χ0) is 28.5. The molecule has 1 N–H and O–H groups in total. The van der Waals surface area contributed by atoms with Crippen LogP contribution in [0.15, 0.2) is 83.3 Å². The lowest BCUT2D eigenvalue weighted by molar-refractivity contribution is -0.138. The number of hydrogen-bond acceptors (Lipinski definition) is 7. The van der Waals surface area contributed by atoms with Gasteiger partial charge in [0.15, 0.2) is 0 Å². The number of carboxylic acid groups (broad SMARTS) is 1. The smallest absolute Gasteiger partial charge is 0.416 e. The molecule has 0 saturated carbocycles. The number of benzene rings is 3. The van der Waals surface area contributed by atoms with Crippen molar-refractivity contribution >= 4 is 12.1 Å². The first kappa shape index (κ1) is 28.1. The minimum atomic E-state index is -3.05. The molecule has 40 heavy (non-hydrogen) atoms. The van der Waals surface area contributed by atoms with E-state index in [1.165, 1.54) is 18.2 Å². The van der Waals surface area contributed by atoms with Crippen LogP contribution >= 0.6 is 0 Å². The Balaban J connectivity index is 1.37. The van der Waals surface area contributed by atoms with E-state index in [-0.39, 0.29) is 18.0 Å². The molecule has 0 unspecified atom stereocenters. The number of aryl methyl sites for hydroxylation is 1. The number of nitrogens with zero attached hydrogens (tertiary/aromatic N) is 2. The molecule has 0 aliphatic rings. The van der Waals surface area contributed by atoms with Crippen molar-refractivity contribution < 1.29 is 42.1 Å². The molecule has 0 fully saturated rings. The van der Waals surface area contributed by atoms with E-state index in [1.807, 2.05) is 37.3 Å².